The molecule has 5 heterocycles. The van der Waals surface area contributed by atoms with Crippen molar-refractivity contribution in [3.8, 4) is 5.75 Å². The van der Waals surface area contributed by atoms with Crippen molar-refractivity contribution in [2.75, 3.05) is 54.0 Å². The Morgan fingerprint density at radius 1 is 0.776 bits per heavy atom. The number of aromatic nitrogens is 4. The molecule has 350 valence electrons. The summed E-state index contributed by atoms with van der Waals surface area (Å²) in [5.41, 5.74) is 5.67. The van der Waals surface area contributed by atoms with Crippen LogP contribution in [0.15, 0.2) is 116 Å². The molecule has 2 saturated heterocycles. The number of piperidine rings is 1. The minimum Gasteiger partial charge on any atom is -0.406 e. The van der Waals surface area contributed by atoms with Crippen LogP contribution in [0.2, 0.25) is 5.02 Å². The summed E-state index contributed by atoms with van der Waals surface area (Å²) < 4.78 is 94.7. The minimum absolute atomic E-state index is 0.200. The summed E-state index contributed by atoms with van der Waals surface area (Å²) in [4.78, 5) is 32.6. The molecule has 2 fully saturated rings. The molecule has 67 heavy (non-hydrogen) atoms. The number of aryl methyl sites for hydroxylation is 1. The van der Waals surface area contributed by atoms with Gasteiger partial charge in [0.15, 0.2) is 0 Å². The average Bonchev–Trinajstić information content (AvgIpc) is 3.50. The number of anilines is 3. The van der Waals surface area contributed by atoms with Gasteiger partial charge in [-0.1, -0.05) is 42.8 Å². The average molecular weight is 947 g/mol. The molecule has 0 atom stereocenters. The maximum atomic E-state index is 13.5. The highest BCUT2D eigenvalue weighted by Crippen LogP contribution is 2.34. The zero-order chi connectivity index (χ0) is 47.3. The lowest BCUT2D eigenvalue weighted by molar-refractivity contribution is -0.274. The number of imidazole rings is 1. The first-order valence-corrected chi connectivity index (χ1v) is 22.2. The molecule has 0 bridgehead atoms. The summed E-state index contributed by atoms with van der Waals surface area (Å²) in [5, 5.41) is 4.32. The lowest BCUT2D eigenvalue weighted by Crippen LogP contribution is -2.32. The number of ether oxygens (including phenoxy) is 1. The van der Waals surface area contributed by atoms with Gasteiger partial charge in [0, 0.05) is 74.8 Å². The van der Waals surface area contributed by atoms with Crippen molar-refractivity contribution in [2.45, 2.75) is 57.6 Å². The molecule has 3 aromatic heterocycles. The van der Waals surface area contributed by atoms with Gasteiger partial charge in [-0.3, -0.25) is 9.20 Å². The van der Waals surface area contributed by atoms with E-state index in [1.807, 2.05) is 19.1 Å². The number of hydrogen-bond donors (Lipinski definition) is 1. The van der Waals surface area contributed by atoms with E-state index in [0.717, 1.165) is 97.0 Å². The number of hydrogen-bond acceptors (Lipinski definition) is 8. The van der Waals surface area contributed by atoms with Gasteiger partial charge in [0.25, 0.3) is 5.91 Å². The second-order valence-corrected chi connectivity index (χ2v) is 16.7. The standard InChI is InChI=1S/C29H28ClF3N4O2.C20H18F4N4/c1-2-25-27(37-18-22(30)7-12-26(37)35-25)28(38)34-17-19-3-8-23(9-4-19)36-15-13-21(14-16-36)20-5-10-24(11-6-20)39-29(31,32)33;21-15-4-7-17-18(12-15)25-13-26-19(17)28-9-1-8-27(10-11-28)16-5-2-14(3-6-16)20(22,23)24/h3-12,18,21H,2,13-17H2,1H3,(H,34,38);2-7,12-13H,1,8-11H2. The van der Waals surface area contributed by atoms with Gasteiger partial charge >= 0.3 is 12.5 Å². The molecule has 0 saturated carbocycles. The number of nitrogens with one attached hydrogen (secondary N) is 1. The minimum atomic E-state index is -4.68. The Hall–Kier alpha value is -6.62. The Morgan fingerprint density at radius 3 is 2.10 bits per heavy atom. The van der Waals surface area contributed by atoms with E-state index in [2.05, 4.69) is 51.8 Å². The zero-order valence-electron chi connectivity index (χ0n) is 36.3. The van der Waals surface area contributed by atoms with Crippen molar-refractivity contribution in [1.82, 2.24) is 24.7 Å². The van der Waals surface area contributed by atoms with E-state index in [1.54, 1.807) is 40.9 Å². The van der Waals surface area contributed by atoms with Gasteiger partial charge in [0.05, 0.1) is 21.8 Å². The summed E-state index contributed by atoms with van der Waals surface area (Å²) in [6.07, 6.45) is -2.62. The van der Waals surface area contributed by atoms with Crippen molar-refractivity contribution in [2.24, 2.45) is 0 Å². The summed E-state index contributed by atoms with van der Waals surface area (Å²) in [6.45, 7) is 6.83. The van der Waals surface area contributed by atoms with Crippen LogP contribution in [-0.2, 0) is 19.1 Å². The fraction of sp³-hybridized carbons (Fsp3) is 0.306. The first-order chi connectivity index (χ1) is 32.1. The third-order valence-electron chi connectivity index (χ3n) is 12.0. The molecule has 2 aliphatic rings. The quantitative estimate of drug-likeness (QED) is 0.143. The number of pyridine rings is 1. The van der Waals surface area contributed by atoms with Crippen LogP contribution in [0.4, 0.5) is 47.9 Å². The molecule has 0 radical (unpaired) electrons. The number of carbonyl (C=O) groups excluding carboxylic acids is 1. The van der Waals surface area contributed by atoms with Crippen LogP contribution >= 0.6 is 11.6 Å². The molecule has 0 unspecified atom stereocenters. The normalized spacial score (nSPS) is 15.0. The maximum absolute atomic E-state index is 13.5. The maximum Gasteiger partial charge on any atom is 0.573 e. The van der Waals surface area contributed by atoms with Crippen molar-refractivity contribution in [3.05, 3.63) is 155 Å². The molecule has 0 spiro atoms. The second kappa shape index (κ2) is 20.1. The summed E-state index contributed by atoms with van der Waals surface area (Å²) >= 11 is 6.14. The molecule has 0 aliphatic carbocycles. The van der Waals surface area contributed by atoms with Crippen LogP contribution in [0.5, 0.6) is 5.75 Å². The number of benzene rings is 4. The van der Waals surface area contributed by atoms with E-state index in [0.29, 0.717) is 47.9 Å². The third kappa shape index (κ3) is 11.5. The molecular weight excluding hydrogens is 901 g/mol. The highest BCUT2D eigenvalue weighted by molar-refractivity contribution is 6.30. The molecule has 18 heteroatoms. The number of halogens is 8. The Morgan fingerprint density at radius 2 is 1.43 bits per heavy atom. The summed E-state index contributed by atoms with van der Waals surface area (Å²) in [5.74, 6) is 0.290. The number of alkyl halides is 6. The Balaban J connectivity index is 0.000000192. The van der Waals surface area contributed by atoms with Gasteiger partial charge in [-0.05, 0) is 116 Å². The molecule has 2 aliphatic heterocycles. The van der Waals surface area contributed by atoms with Crippen molar-refractivity contribution >= 4 is 51.3 Å². The van der Waals surface area contributed by atoms with E-state index in [4.69, 9.17) is 11.6 Å². The van der Waals surface area contributed by atoms with E-state index in [1.165, 1.54) is 42.7 Å². The Labute approximate surface area is 387 Å². The predicted molar refractivity (Wildman–Crippen MR) is 244 cm³/mol. The van der Waals surface area contributed by atoms with Crippen LogP contribution in [0, 0.1) is 5.82 Å². The number of rotatable bonds is 9. The summed E-state index contributed by atoms with van der Waals surface area (Å²) in [6, 6.07) is 27.6. The van der Waals surface area contributed by atoms with E-state index in [9.17, 15) is 35.5 Å². The first-order valence-electron chi connectivity index (χ1n) is 21.8. The molecule has 9 rings (SSSR count). The number of amides is 1. The van der Waals surface area contributed by atoms with E-state index in [-0.39, 0.29) is 23.4 Å². The molecule has 4 aromatic carbocycles. The Bertz CT molecular complexity index is 2800. The van der Waals surface area contributed by atoms with Gasteiger partial charge in [-0.25, -0.2) is 19.3 Å². The van der Waals surface area contributed by atoms with Crippen molar-refractivity contribution in [3.63, 3.8) is 0 Å². The van der Waals surface area contributed by atoms with Crippen LogP contribution < -0.4 is 24.8 Å². The Kier molecular flexibility index (Phi) is 14.1. The lowest BCUT2D eigenvalue weighted by atomic mass is 9.89. The molecule has 7 aromatic rings. The van der Waals surface area contributed by atoms with Gasteiger partial charge < -0.3 is 24.8 Å². The molecular formula is C49H46ClF7N8O2. The molecule has 1 amide bonds. The van der Waals surface area contributed by atoms with Crippen molar-refractivity contribution in [1.29, 1.82) is 0 Å². The fourth-order valence-corrected chi connectivity index (χ4v) is 8.74. The monoisotopic (exact) mass is 946 g/mol. The van der Waals surface area contributed by atoms with Gasteiger partial charge in [-0.2, -0.15) is 13.2 Å². The highest BCUT2D eigenvalue weighted by atomic mass is 35.5. The van der Waals surface area contributed by atoms with Crippen LogP contribution in [0.25, 0.3) is 16.6 Å². The van der Waals surface area contributed by atoms with Crippen LogP contribution in [-0.4, -0.2) is 70.9 Å². The fourth-order valence-electron chi connectivity index (χ4n) is 8.57. The van der Waals surface area contributed by atoms with E-state index < -0.39 is 18.1 Å². The number of carbonyl (C=O) groups is 1. The predicted octanol–water partition coefficient (Wildman–Crippen LogP) is 11.3. The second-order valence-electron chi connectivity index (χ2n) is 16.3. The molecule has 10 nitrogen and oxygen atoms in total. The van der Waals surface area contributed by atoms with Gasteiger partial charge in [0.2, 0.25) is 0 Å². The summed E-state index contributed by atoms with van der Waals surface area (Å²) in [7, 11) is 0. The van der Waals surface area contributed by atoms with Crippen LogP contribution in [0.1, 0.15) is 65.0 Å². The highest BCUT2D eigenvalue weighted by Gasteiger charge is 2.32. The lowest BCUT2D eigenvalue weighted by Gasteiger charge is -2.34. The zero-order valence-corrected chi connectivity index (χ0v) is 37.1. The topological polar surface area (TPSA) is 91.1 Å². The van der Waals surface area contributed by atoms with Gasteiger partial charge in [-0.15, -0.1) is 13.2 Å². The molecule has 1 N–H and O–H groups in total. The van der Waals surface area contributed by atoms with Gasteiger partial charge in [0.1, 0.15) is 35.1 Å². The first kappa shape index (κ1) is 46.9. The third-order valence-corrected chi connectivity index (χ3v) is 12.2. The van der Waals surface area contributed by atoms with Crippen LogP contribution in [0.3, 0.4) is 0 Å². The van der Waals surface area contributed by atoms with Crippen molar-refractivity contribution < 1.29 is 40.3 Å². The smallest absolute Gasteiger partial charge is 0.406 e. The largest absolute Gasteiger partial charge is 0.573 e. The number of nitrogens with zero attached hydrogens (tertiary/aromatic N) is 7. The SMILES string of the molecule is CCc1nc2ccc(Cl)cn2c1C(=O)NCc1ccc(N2CCC(c3ccc(OC(F)(F)F)cc3)CC2)cc1.Fc1ccc2c(N3CCCN(c4ccc(C(F)(F)F)cc4)CC3)ncnc2c1. The van der Waals surface area contributed by atoms with E-state index >= 15 is 0 Å². The number of fused-ring (bicyclic) bond motifs is 2.